The Balaban J connectivity index is 0.000000621. The van der Waals surface area contributed by atoms with E-state index in [1.54, 1.807) is 0 Å². The van der Waals surface area contributed by atoms with Gasteiger partial charge in [0, 0.05) is 38.8 Å². The number of hydrogen-bond acceptors (Lipinski definition) is 13. The molecule has 0 radical (unpaired) electrons. The fourth-order valence-corrected chi connectivity index (χ4v) is 46.6. The van der Waals surface area contributed by atoms with Crippen molar-refractivity contribution in [3.63, 3.8) is 0 Å². The molecule has 0 aromatic heterocycles. The third-order valence-corrected chi connectivity index (χ3v) is 56.5. The zero-order valence-corrected chi connectivity index (χ0v) is 100. The van der Waals surface area contributed by atoms with Crippen LogP contribution in [0, 0.1) is 0 Å². The van der Waals surface area contributed by atoms with Gasteiger partial charge in [-0.2, -0.15) is 0 Å². The fourth-order valence-electron chi connectivity index (χ4n) is 24.6. The third kappa shape index (κ3) is 44.5. The van der Waals surface area contributed by atoms with Crippen molar-refractivity contribution < 1.29 is 55.8 Å². The second-order valence-corrected chi connectivity index (χ2v) is 68.0. The van der Waals surface area contributed by atoms with Gasteiger partial charge in [-0.25, -0.2) is 0 Å². The zero-order valence-electron chi connectivity index (χ0n) is 96.4. The molecule has 1 aliphatic carbocycles. The summed E-state index contributed by atoms with van der Waals surface area (Å²) in [6.07, 6.45) is 44.6. The highest BCUT2D eigenvalue weighted by molar-refractivity contribution is 6.79. The number of amides is 2. The van der Waals surface area contributed by atoms with Gasteiger partial charge >= 0.3 is 5.97 Å². The molecule has 4 N–H and O–H groups in total. The van der Waals surface area contributed by atoms with Gasteiger partial charge in [-0.3, -0.25) is 14.4 Å². The Kier molecular flexibility index (Phi) is 66.7. The predicted molar refractivity (Wildman–Crippen MR) is 638 cm³/mol. The number of ether oxygens (including phenoxy) is 5. The Bertz CT molecular complexity index is 4050. The first-order chi connectivity index (χ1) is 69.6. The molecule has 0 fully saturated rings. The molecule has 2 amide bonds. The molecular formula is C128H219N3O12Si4. The molecule has 0 aliphatic heterocycles. The number of unbranched alkanes of at least 4 members (excludes halogenated alkanes) is 32. The van der Waals surface area contributed by atoms with Crippen LogP contribution < -0.4 is 35.3 Å². The molecule has 15 nitrogen and oxygen atoms in total. The fraction of sp³-hybridized carbons (Fsp3) is 0.695. The molecule has 0 saturated carbocycles. The van der Waals surface area contributed by atoms with Crippen LogP contribution in [0.4, 0.5) is 0 Å². The van der Waals surface area contributed by atoms with Crippen LogP contribution >= 0.6 is 0 Å². The lowest BCUT2D eigenvalue weighted by Gasteiger charge is -2.42. The number of carbonyl (C=O) groups is 3. The summed E-state index contributed by atoms with van der Waals surface area (Å²) < 4.78 is 57.5. The number of nitrogens with one attached hydrogen (secondary N) is 2. The van der Waals surface area contributed by atoms with Gasteiger partial charge in [-0.1, -0.05) is 458 Å². The molecule has 0 bridgehead atoms. The minimum absolute atomic E-state index is 0. The normalized spacial score (nSPS) is 12.6. The number of hydrogen-bond donors (Lipinski definition) is 3. The number of fused-ring (bicyclic) bond motifs is 3. The first-order valence-electron chi connectivity index (χ1n) is 58.7. The van der Waals surface area contributed by atoms with Gasteiger partial charge in [0.05, 0.1) is 51.5 Å². The Morgan fingerprint density at radius 3 is 0.646 bits per heavy atom. The molecule has 0 spiro atoms. The van der Waals surface area contributed by atoms with Crippen LogP contribution in [0.3, 0.4) is 0 Å². The molecule has 7 rings (SSSR count). The molecule has 147 heavy (non-hydrogen) atoms. The highest BCUT2D eigenvalue weighted by Crippen LogP contribution is 2.49. The van der Waals surface area contributed by atoms with E-state index in [9.17, 15) is 14.4 Å². The maximum atomic E-state index is 13.7. The molecule has 6 aromatic carbocycles. The number of nitrogens with two attached hydrogens (primary N) is 1. The van der Waals surface area contributed by atoms with E-state index in [0.29, 0.717) is 79.7 Å². The number of esters is 1. The number of benzene rings is 6. The van der Waals surface area contributed by atoms with Gasteiger partial charge in [0.25, 0.3) is 0 Å². The summed E-state index contributed by atoms with van der Waals surface area (Å²) in [7, 11) is -6.96. The average molecular weight is 2100 g/mol. The molecular weight excluding hydrogens is 1880 g/mol. The van der Waals surface area contributed by atoms with Crippen LogP contribution in [0.25, 0.3) is 11.1 Å². The lowest BCUT2D eigenvalue weighted by Crippen LogP contribution is -2.47. The topological polar surface area (TPSA) is 184 Å². The summed E-state index contributed by atoms with van der Waals surface area (Å²) in [4.78, 5) is 39.3. The minimum atomic E-state index is -1.75. The number of rotatable bonds is 80. The van der Waals surface area contributed by atoms with Crippen LogP contribution in [0.2, 0.25) is 66.5 Å². The quantitative estimate of drug-likeness (QED) is 0.0186. The van der Waals surface area contributed by atoms with Crippen LogP contribution in [0.15, 0.2) is 146 Å². The third-order valence-electron chi connectivity index (χ3n) is 32.0. The SMILES string of the molecule is C.C.CC(C)[Si](OCCCCCCCCCCCOc1ccc(C(NC(=O)CCC(=O)OCC2c3ccccc3-c3ccccc32)c2ccc(OCCCCCCCCCCCO[Si](C(C)C)(C(C)C)C(C)C)cc2)cc1)(C(C)C)C(C)C.CC(C)[Si](OCCCCCCCCCCCOc1ccc(C(NC(=O)CN)c2ccc(OCCCCCCCCCCCO[Si](C(C)C)(C(C)C)C(C)C)cc2)cc1)(C(C)C)C(C)C. The van der Waals surface area contributed by atoms with Crippen LogP contribution in [-0.4, -0.2) is 117 Å². The van der Waals surface area contributed by atoms with Gasteiger partial charge in [-0.05, 0) is 211 Å². The standard InChI is InChI=1S/C71H111NO7Si2.C55H100N2O5Si2.2CH4/c1-54(2)80(55(3)4,56(5)6)78-51-33-25-21-17-13-15-19-23-31-49-75-62-43-39-60(40-44-62)71(72-69(73)47-48-70(74)77-53-68-66-37-29-27-35-64(66)65-36-28-30-38-67(65)68)61-41-45-63(46-42-61)76-50-32-24-20-16-14-18-22-26-34-52-79-81(57(7)8,58(9)10)59(11)12;1-44(2)63(45(3)4,46(5)6)61-41-29-25-21-17-13-15-19-23-27-39-59-52-35-31-50(32-36-52)55(57-54(58)43-56)51-33-37-53(38-34-51)60-40-28-24-20-16-14-18-22-26-30-42-62-64(47(7)8,48(9)10)49(11)12;;/h27-30,35-46,54-59,68,71H,13-26,31-34,47-53H2,1-12H3,(H,72,73);31-38,44-49,55H,13-30,39-43,56H2,1-12H3,(H,57,58);2*1H4. The van der Waals surface area contributed by atoms with Crippen LogP contribution in [0.1, 0.15) is 476 Å². The average Bonchev–Trinajstić information content (AvgIpc) is 1.61. The van der Waals surface area contributed by atoms with Gasteiger partial charge in [0.1, 0.15) is 29.6 Å². The Labute approximate surface area is 905 Å². The van der Waals surface area contributed by atoms with Gasteiger partial charge < -0.3 is 57.8 Å². The van der Waals surface area contributed by atoms with Crippen molar-refractivity contribution >= 4 is 51.1 Å². The summed E-state index contributed by atoms with van der Waals surface area (Å²) in [6.45, 7) is 63.6. The zero-order chi connectivity index (χ0) is 106. The van der Waals surface area contributed by atoms with E-state index >= 15 is 0 Å². The number of carbonyl (C=O) groups excluding carboxylic acids is 3. The maximum Gasteiger partial charge on any atom is 0.306 e. The molecule has 19 heteroatoms. The molecule has 0 heterocycles. The highest BCUT2D eigenvalue weighted by Gasteiger charge is 2.48. The summed E-state index contributed by atoms with van der Waals surface area (Å²) in [5.41, 5.74) is 22.1. The van der Waals surface area contributed by atoms with Crippen molar-refractivity contribution in [3.8, 4) is 34.1 Å². The monoisotopic (exact) mass is 2100 g/mol. The van der Waals surface area contributed by atoms with Crippen molar-refractivity contribution in [1.29, 1.82) is 0 Å². The second kappa shape index (κ2) is 73.8. The predicted octanol–water partition coefficient (Wildman–Crippen LogP) is 37.5. The summed E-state index contributed by atoms with van der Waals surface area (Å²) in [5.74, 6) is 2.54. The van der Waals surface area contributed by atoms with Crippen molar-refractivity contribution in [2.45, 2.75) is 510 Å². The van der Waals surface area contributed by atoms with Gasteiger partial charge in [0.2, 0.25) is 11.8 Å². The minimum Gasteiger partial charge on any atom is -0.494 e. The van der Waals surface area contributed by atoms with Crippen LogP contribution in [0.5, 0.6) is 23.0 Å². The van der Waals surface area contributed by atoms with Crippen molar-refractivity contribution in [2.24, 2.45) is 5.73 Å². The van der Waals surface area contributed by atoms with E-state index in [0.717, 1.165) is 123 Å². The highest BCUT2D eigenvalue weighted by atomic mass is 28.4. The molecule has 0 unspecified atom stereocenters. The van der Waals surface area contributed by atoms with Gasteiger partial charge in [0.15, 0.2) is 33.3 Å². The van der Waals surface area contributed by atoms with Crippen molar-refractivity contribution in [1.82, 2.24) is 10.6 Å². The van der Waals surface area contributed by atoms with E-state index in [1.807, 2.05) is 121 Å². The van der Waals surface area contributed by atoms with E-state index < -0.39 is 39.3 Å². The molecule has 0 atom stereocenters. The molecule has 6 aromatic rings. The first kappa shape index (κ1) is 133. The van der Waals surface area contributed by atoms with Crippen LogP contribution in [-0.2, 0) is 36.8 Å². The van der Waals surface area contributed by atoms with Crippen molar-refractivity contribution in [3.05, 3.63) is 179 Å². The molecule has 0 saturated heterocycles. The lowest BCUT2D eigenvalue weighted by atomic mass is 9.98. The smallest absolute Gasteiger partial charge is 0.306 e. The van der Waals surface area contributed by atoms with E-state index in [4.69, 9.17) is 47.1 Å². The Morgan fingerprint density at radius 2 is 0.442 bits per heavy atom. The molecule has 1 aliphatic rings. The summed E-state index contributed by atoms with van der Waals surface area (Å²) in [5, 5.41) is 6.35. The Morgan fingerprint density at radius 1 is 0.252 bits per heavy atom. The first-order valence-corrected chi connectivity index (χ1v) is 67.3. The maximum absolute atomic E-state index is 13.7. The van der Waals surface area contributed by atoms with E-state index in [-0.39, 0.29) is 70.6 Å². The summed E-state index contributed by atoms with van der Waals surface area (Å²) in [6, 6.07) is 48.2. The largest absolute Gasteiger partial charge is 0.494 e. The lowest BCUT2D eigenvalue weighted by molar-refractivity contribution is -0.145. The van der Waals surface area contributed by atoms with Crippen molar-refractivity contribution in [2.75, 3.05) is 66.0 Å². The van der Waals surface area contributed by atoms with E-state index in [1.165, 1.54) is 215 Å². The second-order valence-electron chi connectivity index (χ2n) is 46.2. The Hall–Kier alpha value is -6.40. The molecule has 834 valence electrons. The van der Waals surface area contributed by atoms with Gasteiger partial charge in [-0.15, -0.1) is 0 Å². The van der Waals surface area contributed by atoms with E-state index in [2.05, 4.69) is 201 Å². The summed E-state index contributed by atoms with van der Waals surface area (Å²) >= 11 is 0.